The maximum atomic E-state index is 12.6. The van der Waals surface area contributed by atoms with Gasteiger partial charge < -0.3 is 4.74 Å². The fourth-order valence-corrected chi connectivity index (χ4v) is 4.15. The van der Waals surface area contributed by atoms with Crippen LogP contribution in [-0.4, -0.2) is 12.1 Å². The molecule has 2 aliphatic carbocycles. The molecule has 2 saturated carbocycles. The Bertz CT molecular complexity index is 551. The minimum Gasteiger partial charge on any atom is -0.462 e. The van der Waals surface area contributed by atoms with Crippen LogP contribution in [-0.2, 0) is 9.53 Å². The monoisotopic (exact) mass is 334 g/mol. The van der Waals surface area contributed by atoms with E-state index in [1.54, 1.807) is 0 Å². The van der Waals surface area contributed by atoms with Gasteiger partial charge in [0.15, 0.2) is 0 Å². The summed E-state index contributed by atoms with van der Waals surface area (Å²) < 4.78 is 5.97. The normalized spacial score (nSPS) is 33.5. The maximum absolute atomic E-state index is 12.6. The third-order valence-electron chi connectivity index (χ3n) is 5.62. The first kappa shape index (κ1) is 16.8. The number of esters is 1. The van der Waals surface area contributed by atoms with E-state index in [4.69, 9.17) is 16.3 Å². The summed E-state index contributed by atoms with van der Waals surface area (Å²) in [5, 5.41) is 0.740. The summed E-state index contributed by atoms with van der Waals surface area (Å²) >= 11 is 5.93. The molecule has 1 aromatic rings. The first-order valence-electron chi connectivity index (χ1n) is 8.91. The maximum Gasteiger partial charge on any atom is 0.309 e. The first-order chi connectivity index (χ1) is 11.0. The zero-order valence-electron chi connectivity index (χ0n) is 14.3. The largest absolute Gasteiger partial charge is 0.462 e. The summed E-state index contributed by atoms with van der Waals surface area (Å²) in [4.78, 5) is 12.6. The van der Waals surface area contributed by atoms with Crippen LogP contribution in [0.3, 0.4) is 0 Å². The Morgan fingerprint density at radius 2 is 1.87 bits per heavy atom. The summed E-state index contributed by atoms with van der Waals surface area (Å²) in [6.45, 7) is 6.76. The molecule has 23 heavy (non-hydrogen) atoms. The molecule has 0 radical (unpaired) electrons. The lowest BCUT2D eigenvalue weighted by Gasteiger charge is -2.36. The molecule has 0 N–H and O–H groups in total. The summed E-state index contributed by atoms with van der Waals surface area (Å²) in [5.74, 6) is 2.12. The Morgan fingerprint density at radius 3 is 2.52 bits per heavy atom. The van der Waals surface area contributed by atoms with E-state index in [0.717, 1.165) is 17.9 Å². The fourth-order valence-electron chi connectivity index (χ4n) is 4.02. The molecular weight excluding hydrogens is 308 g/mol. The summed E-state index contributed by atoms with van der Waals surface area (Å²) in [6.07, 6.45) is 4.48. The van der Waals surface area contributed by atoms with E-state index >= 15 is 0 Å². The van der Waals surface area contributed by atoms with E-state index < -0.39 is 0 Å². The minimum absolute atomic E-state index is 0.00898. The number of rotatable bonds is 4. The lowest BCUT2D eigenvalue weighted by atomic mass is 9.75. The SMILES string of the molecule is CC(C)[C@H]1CC[C@H](C)C[C@@H]1OC(=O)[C@H]1C[C@H]1c1ccc(Cl)cc1. The average molecular weight is 335 g/mol. The van der Waals surface area contributed by atoms with Crippen LogP contribution in [0.1, 0.15) is 57.9 Å². The molecule has 0 bridgehead atoms. The van der Waals surface area contributed by atoms with E-state index in [1.807, 2.05) is 24.3 Å². The molecule has 0 spiro atoms. The van der Waals surface area contributed by atoms with Crippen molar-refractivity contribution in [3.8, 4) is 0 Å². The predicted molar refractivity (Wildman–Crippen MR) is 93.5 cm³/mol. The third kappa shape index (κ3) is 3.91. The number of carbonyl (C=O) groups excluding carboxylic acids is 1. The van der Waals surface area contributed by atoms with Crippen LogP contribution >= 0.6 is 11.6 Å². The lowest BCUT2D eigenvalue weighted by molar-refractivity contribution is -0.157. The molecule has 5 atom stereocenters. The topological polar surface area (TPSA) is 26.3 Å². The van der Waals surface area contributed by atoms with Gasteiger partial charge in [0.2, 0.25) is 0 Å². The van der Waals surface area contributed by atoms with Crippen molar-refractivity contribution in [3.63, 3.8) is 0 Å². The highest BCUT2D eigenvalue weighted by atomic mass is 35.5. The predicted octanol–water partition coefficient (Wildman–Crippen LogP) is 5.45. The lowest BCUT2D eigenvalue weighted by Crippen LogP contribution is -2.36. The van der Waals surface area contributed by atoms with E-state index in [-0.39, 0.29) is 18.0 Å². The van der Waals surface area contributed by atoms with Gasteiger partial charge in [-0.3, -0.25) is 4.79 Å². The molecule has 2 fully saturated rings. The van der Waals surface area contributed by atoms with Gasteiger partial charge in [0, 0.05) is 5.02 Å². The Hall–Kier alpha value is -1.02. The van der Waals surface area contributed by atoms with Gasteiger partial charge in [-0.05, 0) is 60.6 Å². The van der Waals surface area contributed by atoms with Gasteiger partial charge in [-0.2, -0.15) is 0 Å². The highest BCUT2D eigenvalue weighted by Crippen LogP contribution is 2.49. The smallest absolute Gasteiger partial charge is 0.309 e. The van der Waals surface area contributed by atoms with E-state index in [0.29, 0.717) is 23.7 Å². The van der Waals surface area contributed by atoms with Crippen molar-refractivity contribution in [3.05, 3.63) is 34.9 Å². The Balaban J connectivity index is 1.59. The molecule has 0 aliphatic heterocycles. The van der Waals surface area contributed by atoms with Gasteiger partial charge in [-0.1, -0.05) is 50.9 Å². The molecule has 0 aromatic heterocycles. The number of benzene rings is 1. The van der Waals surface area contributed by atoms with Gasteiger partial charge in [0.05, 0.1) is 5.92 Å². The molecule has 2 nitrogen and oxygen atoms in total. The van der Waals surface area contributed by atoms with E-state index in [1.165, 1.54) is 18.4 Å². The van der Waals surface area contributed by atoms with Gasteiger partial charge >= 0.3 is 5.97 Å². The van der Waals surface area contributed by atoms with E-state index in [2.05, 4.69) is 20.8 Å². The molecule has 126 valence electrons. The summed E-state index contributed by atoms with van der Waals surface area (Å²) in [5.41, 5.74) is 1.20. The van der Waals surface area contributed by atoms with Crippen LogP contribution < -0.4 is 0 Å². The Kier molecular flexibility index (Phi) is 5.01. The number of ether oxygens (including phenoxy) is 1. The second-order valence-corrected chi connectivity index (χ2v) is 8.24. The molecule has 0 heterocycles. The highest BCUT2D eigenvalue weighted by Gasteiger charge is 2.46. The number of halogens is 1. The van der Waals surface area contributed by atoms with Crippen molar-refractivity contribution < 1.29 is 9.53 Å². The fraction of sp³-hybridized carbons (Fsp3) is 0.650. The quantitative estimate of drug-likeness (QED) is 0.684. The summed E-state index contributed by atoms with van der Waals surface area (Å²) in [7, 11) is 0. The number of carbonyl (C=O) groups is 1. The van der Waals surface area contributed by atoms with Crippen LogP contribution in [0.4, 0.5) is 0 Å². The summed E-state index contributed by atoms with van der Waals surface area (Å²) in [6, 6.07) is 7.85. The molecule has 0 saturated heterocycles. The minimum atomic E-state index is 0.00898. The van der Waals surface area contributed by atoms with Gasteiger partial charge in [0.1, 0.15) is 6.10 Å². The van der Waals surface area contributed by atoms with E-state index in [9.17, 15) is 4.79 Å². The first-order valence-corrected chi connectivity index (χ1v) is 9.29. The van der Waals surface area contributed by atoms with Crippen molar-refractivity contribution in [1.29, 1.82) is 0 Å². The molecular formula is C20H27ClO2. The van der Waals surface area contributed by atoms with Crippen LogP contribution in [0, 0.1) is 23.7 Å². The van der Waals surface area contributed by atoms with Gasteiger partial charge in [-0.15, -0.1) is 0 Å². The zero-order valence-corrected chi connectivity index (χ0v) is 15.1. The van der Waals surface area contributed by atoms with Crippen molar-refractivity contribution in [2.24, 2.45) is 23.7 Å². The molecule has 1 aromatic carbocycles. The van der Waals surface area contributed by atoms with Crippen molar-refractivity contribution >= 4 is 17.6 Å². The standard InChI is InChI=1S/C20H27ClO2/c1-12(2)16-9-4-13(3)10-19(16)23-20(22)18-11-17(18)14-5-7-15(21)8-6-14/h5-8,12-13,16-19H,4,9-11H2,1-3H3/t13-,16+,17-,18-,19-/m0/s1. The van der Waals surface area contributed by atoms with Crippen LogP contribution in [0.15, 0.2) is 24.3 Å². The zero-order chi connectivity index (χ0) is 16.6. The second kappa shape index (κ2) is 6.84. The Labute approximate surface area is 144 Å². The van der Waals surface area contributed by atoms with Crippen molar-refractivity contribution in [2.75, 3.05) is 0 Å². The highest BCUT2D eigenvalue weighted by molar-refractivity contribution is 6.30. The third-order valence-corrected chi connectivity index (χ3v) is 5.87. The molecule has 0 amide bonds. The Morgan fingerprint density at radius 1 is 1.17 bits per heavy atom. The molecule has 2 aliphatic rings. The molecule has 3 rings (SSSR count). The second-order valence-electron chi connectivity index (χ2n) is 7.80. The van der Waals surface area contributed by atoms with Gasteiger partial charge in [0.25, 0.3) is 0 Å². The van der Waals surface area contributed by atoms with Crippen LogP contribution in [0.2, 0.25) is 5.02 Å². The number of hydrogen-bond acceptors (Lipinski definition) is 2. The van der Waals surface area contributed by atoms with Crippen molar-refractivity contribution in [2.45, 2.75) is 58.5 Å². The van der Waals surface area contributed by atoms with Crippen LogP contribution in [0.25, 0.3) is 0 Å². The van der Waals surface area contributed by atoms with Crippen LogP contribution in [0.5, 0.6) is 0 Å². The van der Waals surface area contributed by atoms with Crippen molar-refractivity contribution in [1.82, 2.24) is 0 Å². The average Bonchev–Trinajstić information content (AvgIpc) is 3.28. The number of hydrogen-bond donors (Lipinski definition) is 0. The molecule has 0 unspecified atom stereocenters. The molecule has 3 heteroatoms. The van der Waals surface area contributed by atoms with Gasteiger partial charge in [-0.25, -0.2) is 0 Å².